The Kier molecular flexibility index (Phi) is 8.70. The van der Waals surface area contributed by atoms with Crippen LogP contribution in [0, 0.1) is 5.41 Å². The zero-order valence-corrected chi connectivity index (χ0v) is 25.5. The van der Waals surface area contributed by atoms with Crippen LogP contribution in [0.3, 0.4) is 0 Å². The molecule has 6 rings (SSSR count). The fourth-order valence-electron chi connectivity index (χ4n) is 6.21. The number of carbonyl (C=O) groups is 4. The number of nitrogens with zero attached hydrogens (tertiary/aromatic N) is 3. The lowest BCUT2D eigenvalue weighted by molar-refractivity contribution is -0.157. The summed E-state index contributed by atoms with van der Waals surface area (Å²) in [5.41, 5.74) is 8.78. The van der Waals surface area contributed by atoms with Gasteiger partial charge in [0.1, 0.15) is 17.9 Å². The number of nitrogens with one attached hydrogen (secondary N) is 2. The highest BCUT2D eigenvalue weighted by Gasteiger charge is 2.49. The molecule has 4 aromatic rings. The topological polar surface area (TPSA) is 150 Å². The number of para-hydroxylation sites is 1. The lowest BCUT2D eigenvalue weighted by Crippen LogP contribution is -2.62. The summed E-state index contributed by atoms with van der Waals surface area (Å²) in [6, 6.07) is 21.9. The minimum atomic E-state index is -0.982. The number of Topliss-reactive ketones (excluding diaryl/α,β-unsaturated/α-hetero) is 1. The number of thiazole rings is 1. The number of aryl methyl sites for hydroxylation is 1. The largest absolute Gasteiger partial charge is 0.384 e. The molecule has 2 saturated heterocycles. The Hall–Kier alpha value is -4.90. The number of nitrogen functional groups attached to an aromatic ring is 1. The van der Waals surface area contributed by atoms with Gasteiger partial charge >= 0.3 is 0 Å². The predicted molar refractivity (Wildman–Crippen MR) is 172 cm³/mol. The quantitative estimate of drug-likeness (QED) is 0.133. The Balaban J connectivity index is 1.17. The second-order valence-corrected chi connectivity index (χ2v) is 12.5. The molecule has 1 aromatic heterocycles. The first kappa shape index (κ1) is 30.1. The van der Waals surface area contributed by atoms with Crippen molar-refractivity contribution in [2.75, 3.05) is 13.1 Å². The number of benzene rings is 3. The number of hydrogen-bond donors (Lipinski definition) is 3. The third-order valence-electron chi connectivity index (χ3n) is 8.45. The number of hydrogen-bond acceptors (Lipinski definition) is 7. The minimum absolute atomic E-state index is 0.0696. The molecule has 230 valence electrons. The summed E-state index contributed by atoms with van der Waals surface area (Å²) in [6.45, 7) is 0.401. The maximum atomic E-state index is 13.9. The van der Waals surface area contributed by atoms with Gasteiger partial charge in [0, 0.05) is 18.5 Å². The summed E-state index contributed by atoms with van der Waals surface area (Å²) >= 11 is 1.25. The van der Waals surface area contributed by atoms with Gasteiger partial charge in [-0.15, -0.1) is 11.3 Å². The average Bonchev–Trinajstić information content (AvgIpc) is 3.69. The standard InChI is InChI=1S/C34H34N6O4S/c35-31(36)23-12-6-10-22(18-23)19-25(30(42)33-38-24-13-4-5-14-28(24)45-33)37-32(43)26-15-16-27-34(44)39(20-29(41)40(26)27)17-7-11-21-8-2-1-3-9-21/h1-6,8-10,12-14,18,25-27H,7,11,15-17,19-20H2,(H3,35,36)(H,37,43)/t25?,26-,27-/m1/s1. The lowest BCUT2D eigenvalue weighted by Gasteiger charge is -2.38. The van der Waals surface area contributed by atoms with Gasteiger partial charge in [0.2, 0.25) is 23.5 Å². The molecule has 0 bridgehead atoms. The average molecular weight is 623 g/mol. The van der Waals surface area contributed by atoms with Crippen LogP contribution in [0.1, 0.15) is 45.8 Å². The SMILES string of the molecule is N=C(N)c1cccc(CC(NC(=O)[C@H]2CC[C@@H]3C(=O)N(CCCc4ccccc4)CC(=O)N23)C(=O)c2nc3ccccc3s2)c1. The highest BCUT2D eigenvalue weighted by atomic mass is 32.1. The van der Waals surface area contributed by atoms with E-state index in [0.29, 0.717) is 36.0 Å². The van der Waals surface area contributed by atoms with Crippen LogP contribution < -0.4 is 11.1 Å². The van der Waals surface area contributed by atoms with Crippen molar-refractivity contribution in [1.82, 2.24) is 20.1 Å². The molecule has 1 unspecified atom stereocenters. The van der Waals surface area contributed by atoms with Crippen molar-refractivity contribution in [3.05, 3.63) is 101 Å². The van der Waals surface area contributed by atoms with E-state index in [1.165, 1.54) is 21.8 Å². The highest BCUT2D eigenvalue weighted by molar-refractivity contribution is 7.20. The molecular formula is C34H34N6O4S. The van der Waals surface area contributed by atoms with Gasteiger partial charge in [0.05, 0.1) is 22.8 Å². The minimum Gasteiger partial charge on any atom is -0.384 e. The van der Waals surface area contributed by atoms with Gasteiger partial charge < -0.3 is 20.9 Å². The summed E-state index contributed by atoms with van der Waals surface area (Å²) in [7, 11) is 0. The molecule has 11 heteroatoms. The van der Waals surface area contributed by atoms with Crippen LogP contribution in [-0.2, 0) is 27.2 Å². The summed E-state index contributed by atoms with van der Waals surface area (Å²) in [5.74, 6) is -1.33. The monoisotopic (exact) mass is 622 g/mol. The molecular weight excluding hydrogens is 588 g/mol. The Morgan fingerprint density at radius 2 is 1.76 bits per heavy atom. The molecule has 0 radical (unpaired) electrons. The smallest absolute Gasteiger partial charge is 0.245 e. The Bertz CT molecular complexity index is 1740. The zero-order chi connectivity index (χ0) is 31.5. The summed E-state index contributed by atoms with van der Waals surface area (Å²) < 4.78 is 0.855. The highest BCUT2D eigenvalue weighted by Crippen LogP contribution is 2.30. The van der Waals surface area contributed by atoms with Crippen LogP contribution in [0.25, 0.3) is 10.2 Å². The Morgan fingerprint density at radius 3 is 2.53 bits per heavy atom. The molecule has 3 heterocycles. The van der Waals surface area contributed by atoms with E-state index in [4.69, 9.17) is 11.1 Å². The molecule has 4 N–H and O–H groups in total. The number of amidine groups is 1. The van der Waals surface area contributed by atoms with Crippen molar-refractivity contribution in [2.45, 2.75) is 50.2 Å². The normalized spacial score (nSPS) is 18.6. The van der Waals surface area contributed by atoms with Crippen molar-refractivity contribution in [3.8, 4) is 0 Å². The van der Waals surface area contributed by atoms with E-state index in [1.54, 1.807) is 23.1 Å². The number of ketones is 1. The first-order valence-electron chi connectivity index (χ1n) is 15.1. The number of nitrogens with two attached hydrogens (primary N) is 1. The van der Waals surface area contributed by atoms with Gasteiger partial charge in [-0.05, 0) is 55.0 Å². The fourth-order valence-corrected chi connectivity index (χ4v) is 7.17. The van der Waals surface area contributed by atoms with E-state index < -0.39 is 24.0 Å². The first-order valence-corrected chi connectivity index (χ1v) is 15.9. The van der Waals surface area contributed by atoms with Crippen LogP contribution in [0.2, 0.25) is 0 Å². The molecule has 10 nitrogen and oxygen atoms in total. The molecule has 3 aromatic carbocycles. The number of carbonyl (C=O) groups excluding carboxylic acids is 4. The number of rotatable bonds is 11. The fraction of sp³-hybridized carbons (Fsp3) is 0.294. The number of piperazine rings is 1. The molecule has 2 aliphatic heterocycles. The van der Waals surface area contributed by atoms with E-state index in [0.717, 1.165) is 17.5 Å². The third kappa shape index (κ3) is 6.48. The molecule has 3 atom stereocenters. The molecule has 2 aliphatic rings. The molecule has 45 heavy (non-hydrogen) atoms. The van der Waals surface area contributed by atoms with Crippen LogP contribution in [0.15, 0.2) is 78.9 Å². The van der Waals surface area contributed by atoms with Gasteiger partial charge in [-0.1, -0.05) is 60.7 Å². The van der Waals surface area contributed by atoms with Gasteiger partial charge in [-0.3, -0.25) is 24.6 Å². The number of amides is 3. The van der Waals surface area contributed by atoms with Gasteiger partial charge in [0.25, 0.3) is 0 Å². The molecule has 3 amide bonds. The third-order valence-corrected chi connectivity index (χ3v) is 9.50. The van der Waals surface area contributed by atoms with Crippen molar-refractivity contribution in [2.24, 2.45) is 5.73 Å². The number of aromatic nitrogens is 1. The molecule has 0 aliphatic carbocycles. The van der Waals surface area contributed by atoms with E-state index in [1.807, 2.05) is 60.7 Å². The van der Waals surface area contributed by atoms with Gasteiger partial charge in [-0.2, -0.15) is 0 Å². The second-order valence-electron chi connectivity index (χ2n) is 11.5. The summed E-state index contributed by atoms with van der Waals surface area (Å²) in [6.07, 6.45) is 2.39. The lowest BCUT2D eigenvalue weighted by atomic mass is 9.99. The van der Waals surface area contributed by atoms with Crippen molar-refractivity contribution in [1.29, 1.82) is 5.41 Å². The van der Waals surface area contributed by atoms with Gasteiger partial charge in [-0.25, -0.2) is 4.98 Å². The van der Waals surface area contributed by atoms with Crippen LogP contribution in [0.5, 0.6) is 0 Å². The summed E-state index contributed by atoms with van der Waals surface area (Å²) in [4.78, 5) is 61.9. The molecule has 2 fully saturated rings. The summed E-state index contributed by atoms with van der Waals surface area (Å²) in [5, 5.41) is 11.0. The molecule has 0 saturated carbocycles. The van der Waals surface area contributed by atoms with Crippen molar-refractivity contribution in [3.63, 3.8) is 0 Å². The van der Waals surface area contributed by atoms with E-state index in [2.05, 4.69) is 10.3 Å². The maximum Gasteiger partial charge on any atom is 0.245 e. The number of fused-ring (bicyclic) bond motifs is 2. The Labute approximate surface area is 264 Å². The van der Waals surface area contributed by atoms with Crippen molar-refractivity contribution >= 4 is 50.9 Å². The predicted octanol–water partition coefficient (Wildman–Crippen LogP) is 3.33. The van der Waals surface area contributed by atoms with Crippen LogP contribution in [-0.4, -0.2) is 75.3 Å². The van der Waals surface area contributed by atoms with E-state index in [9.17, 15) is 19.2 Å². The van der Waals surface area contributed by atoms with Crippen molar-refractivity contribution < 1.29 is 19.2 Å². The molecule has 0 spiro atoms. The van der Waals surface area contributed by atoms with Crippen LogP contribution >= 0.6 is 11.3 Å². The van der Waals surface area contributed by atoms with Gasteiger partial charge in [0.15, 0.2) is 5.01 Å². The first-order chi connectivity index (χ1) is 21.8. The maximum absolute atomic E-state index is 13.9. The Morgan fingerprint density at radius 1 is 1.00 bits per heavy atom. The van der Waals surface area contributed by atoms with Crippen LogP contribution in [0.4, 0.5) is 0 Å². The zero-order valence-electron chi connectivity index (χ0n) is 24.6. The van der Waals surface area contributed by atoms with E-state index in [-0.39, 0.29) is 41.4 Å². The van der Waals surface area contributed by atoms with E-state index >= 15 is 0 Å². The second kappa shape index (κ2) is 13.0.